The number of aliphatic hydroxyl groups excluding tert-OH is 1. The number of aromatic nitrogens is 2. The first-order chi connectivity index (χ1) is 9.69. The van der Waals surface area contributed by atoms with Crippen LogP contribution < -0.4 is 10.6 Å². The van der Waals surface area contributed by atoms with E-state index in [1.807, 2.05) is 37.3 Å². The van der Waals surface area contributed by atoms with Gasteiger partial charge in [0.2, 0.25) is 0 Å². The van der Waals surface area contributed by atoms with Crippen molar-refractivity contribution in [2.24, 2.45) is 0 Å². The van der Waals surface area contributed by atoms with Crippen LogP contribution in [0.2, 0.25) is 0 Å². The van der Waals surface area contributed by atoms with Crippen molar-refractivity contribution >= 4 is 11.7 Å². The van der Waals surface area contributed by atoms with Gasteiger partial charge in [-0.05, 0) is 12.5 Å². The smallest absolute Gasteiger partial charge is 0.319 e. The molecule has 1 aromatic carbocycles. The van der Waals surface area contributed by atoms with E-state index in [4.69, 9.17) is 0 Å². The van der Waals surface area contributed by atoms with Crippen molar-refractivity contribution in [3.05, 3.63) is 48.3 Å². The van der Waals surface area contributed by atoms with Gasteiger partial charge in [-0.25, -0.2) is 4.79 Å². The van der Waals surface area contributed by atoms with Crippen LogP contribution in [0.1, 0.15) is 18.6 Å². The second-order valence-corrected chi connectivity index (χ2v) is 4.35. The molecule has 0 bridgehead atoms. The maximum absolute atomic E-state index is 11.7. The number of carbonyl (C=O) groups is 1. The van der Waals surface area contributed by atoms with Gasteiger partial charge in [-0.15, -0.1) is 0 Å². The average molecular weight is 274 g/mol. The number of nitrogens with one attached hydrogen (secondary N) is 2. The van der Waals surface area contributed by atoms with E-state index in [-0.39, 0.29) is 12.6 Å². The molecule has 6 heteroatoms. The van der Waals surface area contributed by atoms with E-state index in [2.05, 4.69) is 15.7 Å². The molecule has 2 aromatic rings. The van der Waals surface area contributed by atoms with Crippen molar-refractivity contribution in [3.8, 4) is 0 Å². The Labute approximate surface area is 117 Å². The third kappa shape index (κ3) is 3.83. The Bertz CT molecular complexity index is 553. The van der Waals surface area contributed by atoms with E-state index in [0.717, 1.165) is 12.1 Å². The molecular formula is C14H18N4O2. The number of aliphatic hydroxyl groups is 1. The summed E-state index contributed by atoms with van der Waals surface area (Å²) in [7, 11) is 0. The Kier molecular flexibility index (Phi) is 4.73. The van der Waals surface area contributed by atoms with Crippen molar-refractivity contribution in [2.75, 3.05) is 11.9 Å². The molecule has 0 aliphatic heterocycles. The summed E-state index contributed by atoms with van der Waals surface area (Å²) in [4.78, 5) is 11.7. The highest BCUT2D eigenvalue weighted by Crippen LogP contribution is 2.10. The molecule has 106 valence electrons. The van der Waals surface area contributed by atoms with Crippen molar-refractivity contribution in [1.82, 2.24) is 15.1 Å². The van der Waals surface area contributed by atoms with Gasteiger partial charge in [0.1, 0.15) is 0 Å². The molecular weight excluding hydrogens is 256 g/mol. The topological polar surface area (TPSA) is 79.2 Å². The average Bonchev–Trinajstić information content (AvgIpc) is 2.93. The van der Waals surface area contributed by atoms with Crippen LogP contribution in [0.3, 0.4) is 0 Å². The summed E-state index contributed by atoms with van der Waals surface area (Å²) in [5.74, 6) is 0. The summed E-state index contributed by atoms with van der Waals surface area (Å²) < 4.78 is 1.72. The van der Waals surface area contributed by atoms with Crippen molar-refractivity contribution < 1.29 is 9.90 Å². The largest absolute Gasteiger partial charge is 0.387 e. The lowest BCUT2D eigenvalue weighted by Crippen LogP contribution is -2.32. The molecule has 0 aliphatic rings. The summed E-state index contributed by atoms with van der Waals surface area (Å²) >= 11 is 0. The first-order valence-electron chi connectivity index (χ1n) is 6.49. The van der Waals surface area contributed by atoms with Crippen LogP contribution in [0.4, 0.5) is 10.5 Å². The van der Waals surface area contributed by atoms with Gasteiger partial charge >= 0.3 is 6.03 Å². The molecule has 0 fully saturated rings. The first-order valence-corrected chi connectivity index (χ1v) is 6.49. The van der Waals surface area contributed by atoms with Crippen molar-refractivity contribution in [2.45, 2.75) is 19.6 Å². The van der Waals surface area contributed by atoms with Crippen LogP contribution in [0.25, 0.3) is 0 Å². The molecule has 0 saturated carbocycles. The zero-order chi connectivity index (χ0) is 14.4. The summed E-state index contributed by atoms with van der Waals surface area (Å²) in [6, 6.07) is 8.83. The Morgan fingerprint density at radius 1 is 1.40 bits per heavy atom. The number of hydrogen-bond donors (Lipinski definition) is 3. The molecule has 6 nitrogen and oxygen atoms in total. The molecule has 2 amide bonds. The minimum atomic E-state index is -0.722. The molecule has 1 aromatic heterocycles. The molecule has 0 spiro atoms. The molecule has 3 N–H and O–H groups in total. The maximum Gasteiger partial charge on any atom is 0.319 e. The lowest BCUT2D eigenvalue weighted by Gasteiger charge is -2.12. The van der Waals surface area contributed by atoms with Gasteiger partial charge < -0.3 is 15.7 Å². The van der Waals surface area contributed by atoms with E-state index < -0.39 is 6.10 Å². The van der Waals surface area contributed by atoms with Crippen LogP contribution in [0, 0.1) is 0 Å². The Hall–Kier alpha value is -2.34. The number of benzene rings is 1. The highest BCUT2D eigenvalue weighted by atomic mass is 16.3. The van der Waals surface area contributed by atoms with Crippen molar-refractivity contribution in [1.29, 1.82) is 0 Å². The fourth-order valence-electron chi connectivity index (χ4n) is 1.76. The molecule has 0 radical (unpaired) electrons. The van der Waals surface area contributed by atoms with Crippen LogP contribution in [0.15, 0.2) is 42.7 Å². The summed E-state index contributed by atoms with van der Waals surface area (Å²) in [5.41, 5.74) is 1.39. The van der Waals surface area contributed by atoms with Crippen LogP contribution in [-0.2, 0) is 6.54 Å². The molecule has 1 atom stereocenters. The lowest BCUT2D eigenvalue weighted by molar-refractivity contribution is 0.175. The molecule has 2 rings (SSSR count). The molecule has 0 saturated heterocycles. The zero-order valence-corrected chi connectivity index (χ0v) is 11.3. The van der Waals surface area contributed by atoms with Gasteiger partial charge in [-0.2, -0.15) is 5.10 Å². The van der Waals surface area contributed by atoms with Gasteiger partial charge in [0, 0.05) is 19.3 Å². The van der Waals surface area contributed by atoms with Crippen LogP contribution in [0.5, 0.6) is 0 Å². The number of rotatable bonds is 5. The molecule has 1 unspecified atom stereocenters. The van der Waals surface area contributed by atoms with Crippen molar-refractivity contribution in [3.63, 3.8) is 0 Å². The molecule has 20 heavy (non-hydrogen) atoms. The number of hydrogen-bond acceptors (Lipinski definition) is 3. The fourth-order valence-corrected chi connectivity index (χ4v) is 1.76. The second-order valence-electron chi connectivity index (χ2n) is 4.35. The third-order valence-corrected chi connectivity index (χ3v) is 2.86. The van der Waals surface area contributed by atoms with E-state index in [9.17, 15) is 9.90 Å². The number of carbonyl (C=O) groups excluding carboxylic acids is 1. The Balaban J connectivity index is 1.80. The number of urea groups is 1. The van der Waals surface area contributed by atoms with E-state index in [1.54, 1.807) is 17.1 Å². The highest BCUT2D eigenvalue weighted by molar-refractivity contribution is 5.88. The highest BCUT2D eigenvalue weighted by Gasteiger charge is 2.09. The van der Waals surface area contributed by atoms with E-state index in [1.165, 1.54) is 0 Å². The standard InChI is InChI=1S/C14H18N4O2/c1-2-18-10-12(8-16-18)17-14(20)15-9-13(19)11-6-4-3-5-7-11/h3-8,10,13,19H,2,9H2,1H3,(H2,15,17,20). The summed E-state index contributed by atoms with van der Waals surface area (Å²) in [5, 5.41) is 19.3. The molecule has 1 heterocycles. The predicted octanol–water partition coefficient (Wildman–Crippen LogP) is 1.76. The van der Waals surface area contributed by atoms with Crippen LogP contribution in [-0.4, -0.2) is 27.5 Å². The number of aryl methyl sites for hydroxylation is 1. The van der Waals surface area contributed by atoms with Gasteiger partial charge in [-0.3, -0.25) is 4.68 Å². The van der Waals surface area contributed by atoms with Gasteiger partial charge in [-0.1, -0.05) is 30.3 Å². The monoisotopic (exact) mass is 274 g/mol. The Morgan fingerprint density at radius 3 is 2.80 bits per heavy atom. The normalized spacial score (nSPS) is 11.9. The Morgan fingerprint density at radius 2 is 2.15 bits per heavy atom. The van der Waals surface area contributed by atoms with Gasteiger partial charge in [0.15, 0.2) is 0 Å². The second kappa shape index (κ2) is 6.72. The number of anilines is 1. The minimum Gasteiger partial charge on any atom is -0.387 e. The molecule has 0 aliphatic carbocycles. The number of nitrogens with zero attached hydrogens (tertiary/aromatic N) is 2. The predicted molar refractivity (Wildman–Crippen MR) is 76.3 cm³/mol. The minimum absolute atomic E-state index is 0.151. The third-order valence-electron chi connectivity index (χ3n) is 2.86. The van der Waals surface area contributed by atoms with E-state index in [0.29, 0.717) is 5.69 Å². The fraction of sp³-hybridized carbons (Fsp3) is 0.286. The number of amides is 2. The first kappa shape index (κ1) is 14.1. The maximum atomic E-state index is 11.7. The van der Waals surface area contributed by atoms with E-state index >= 15 is 0 Å². The zero-order valence-electron chi connectivity index (χ0n) is 11.3. The van der Waals surface area contributed by atoms with Gasteiger partial charge in [0.05, 0.1) is 18.0 Å². The van der Waals surface area contributed by atoms with Gasteiger partial charge in [0.25, 0.3) is 0 Å². The quantitative estimate of drug-likeness (QED) is 0.777. The summed E-state index contributed by atoms with van der Waals surface area (Å²) in [6.07, 6.45) is 2.60. The lowest BCUT2D eigenvalue weighted by atomic mass is 10.1. The summed E-state index contributed by atoms with van der Waals surface area (Å²) in [6.45, 7) is 2.86. The SMILES string of the molecule is CCn1cc(NC(=O)NCC(O)c2ccccc2)cn1. The van der Waals surface area contributed by atoms with Crippen LogP contribution >= 0.6 is 0 Å².